The third-order valence-electron chi connectivity index (χ3n) is 5.46. The summed E-state index contributed by atoms with van der Waals surface area (Å²) in [5.74, 6) is 0.249. The van der Waals surface area contributed by atoms with E-state index in [9.17, 15) is 4.79 Å². The van der Waals surface area contributed by atoms with Crippen LogP contribution in [0.15, 0.2) is 59.5 Å². The highest BCUT2D eigenvalue weighted by Gasteiger charge is 2.28. The Morgan fingerprint density at radius 3 is 2.44 bits per heavy atom. The zero-order valence-electron chi connectivity index (χ0n) is 15.9. The first-order valence-corrected chi connectivity index (χ1v) is 10.7. The van der Waals surface area contributed by atoms with E-state index in [1.807, 2.05) is 22.7 Å². The molecule has 0 N–H and O–H groups in total. The summed E-state index contributed by atoms with van der Waals surface area (Å²) in [6.07, 6.45) is 1.12. The van der Waals surface area contributed by atoms with Gasteiger partial charge >= 0.3 is 0 Å². The average molecular weight is 382 g/mol. The Morgan fingerprint density at radius 1 is 1.00 bits per heavy atom. The molecule has 0 spiro atoms. The van der Waals surface area contributed by atoms with E-state index in [1.165, 1.54) is 16.3 Å². The van der Waals surface area contributed by atoms with E-state index in [0.29, 0.717) is 11.8 Å². The lowest BCUT2D eigenvalue weighted by Crippen LogP contribution is -2.52. The van der Waals surface area contributed by atoms with Gasteiger partial charge in [-0.25, -0.2) is 0 Å². The first kappa shape index (κ1) is 18.2. The highest BCUT2D eigenvalue weighted by atomic mass is 32.2. The third kappa shape index (κ3) is 4.08. The van der Waals surface area contributed by atoms with Crippen LogP contribution < -0.4 is 9.80 Å². The molecule has 2 aliphatic heterocycles. The van der Waals surface area contributed by atoms with Gasteiger partial charge in [0.2, 0.25) is 5.91 Å². The summed E-state index contributed by atoms with van der Waals surface area (Å²) in [7, 11) is 0. The maximum Gasteiger partial charge on any atom is 0.242 e. The molecular weight excluding hydrogens is 354 g/mol. The molecule has 0 saturated carbocycles. The fraction of sp³-hybridized carbons (Fsp3) is 0.409. The second kappa shape index (κ2) is 8.26. The normalized spacial score (nSPS) is 19.7. The van der Waals surface area contributed by atoms with Crippen molar-refractivity contribution in [2.45, 2.75) is 23.5 Å². The number of piperazine rings is 1. The van der Waals surface area contributed by atoms with Crippen LogP contribution in [0, 0.1) is 0 Å². The molecule has 1 fully saturated rings. The van der Waals surface area contributed by atoms with Crippen LogP contribution in [-0.2, 0) is 4.79 Å². The van der Waals surface area contributed by atoms with Crippen LogP contribution in [0.5, 0.6) is 0 Å². The van der Waals surface area contributed by atoms with Crippen molar-refractivity contribution in [1.82, 2.24) is 4.90 Å². The fourth-order valence-corrected chi connectivity index (χ4v) is 5.11. The number of anilines is 2. The van der Waals surface area contributed by atoms with E-state index in [4.69, 9.17) is 0 Å². The zero-order valence-corrected chi connectivity index (χ0v) is 16.7. The number of rotatable bonds is 4. The summed E-state index contributed by atoms with van der Waals surface area (Å²) in [6, 6.07) is 19.0. The highest BCUT2D eigenvalue weighted by molar-refractivity contribution is 8.00. The van der Waals surface area contributed by atoms with Gasteiger partial charge in [-0.1, -0.05) is 37.3 Å². The maximum absolute atomic E-state index is 13.0. The van der Waals surface area contributed by atoms with Gasteiger partial charge in [0, 0.05) is 48.6 Å². The van der Waals surface area contributed by atoms with Crippen molar-refractivity contribution >= 4 is 29.0 Å². The fourth-order valence-electron chi connectivity index (χ4n) is 3.86. The minimum Gasteiger partial charge on any atom is -0.368 e. The van der Waals surface area contributed by atoms with Crippen molar-refractivity contribution in [3.63, 3.8) is 0 Å². The van der Waals surface area contributed by atoms with Gasteiger partial charge in [0.15, 0.2) is 0 Å². The summed E-state index contributed by atoms with van der Waals surface area (Å²) in [5.41, 5.74) is 2.46. The monoisotopic (exact) mass is 381 g/mol. The number of thioether (sulfide) groups is 1. The lowest BCUT2D eigenvalue weighted by atomic mass is 10.2. The van der Waals surface area contributed by atoms with Crippen molar-refractivity contribution in [1.29, 1.82) is 0 Å². The second-order valence-electron chi connectivity index (χ2n) is 7.20. The Kier molecular flexibility index (Phi) is 5.58. The highest BCUT2D eigenvalue weighted by Crippen LogP contribution is 2.39. The molecule has 5 heteroatoms. The van der Waals surface area contributed by atoms with Crippen molar-refractivity contribution in [2.75, 3.05) is 49.1 Å². The third-order valence-corrected chi connectivity index (χ3v) is 6.87. The summed E-state index contributed by atoms with van der Waals surface area (Å²) >= 11 is 1.95. The van der Waals surface area contributed by atoms with Gasteiger partial charge in [0.25, 0.3) is 0 Å². The summed E-state index contributed by atoms with van der Waals surface area (Å²) < 4.78 is 0. The molecule has 4 nitrogen and oxygen atoms in total. The van der Waals surface area contributed by atoms with E-state index in [0.717, 1.165) is 39.1 Å². The molecule has 1 saturated heterocycles. The quantitative estimate of drug-likeness (QED) is 0.806. The summed E-state index contributed by atoms with van der Waals surface area (Å²) in [6.45, 7) is 7.08. The van der Waals surface area contributed by atoms with Crippen LogP contribution in [-0.4, -0.2) is 55.3 Å². The Balaban J connectivity index is 1.38. The number of carbonyl (C=O) groups excluding carboxylic acids is 1. The molecule has 2 aliphatic rings. The molecule has 4 rings (SSSR count). The van der Waals surface area contributed by atoms with Crippen LogP contribution in [0.3, 0.4) is 0 Å². The molecule has 27 heavy (non-hydrogen) atoms. The first-order chi connectivity index (χ1) is 13.2. The molecule has 2 aromatic rings. The molecular formula is C22H27N3OS. The molecule has 0 aliphatic carbocycles. The number of hydrogen-bond acceptors (Lipinski definition) is 4. The molecule has 2 aromatic carbocycles. The van der Waals surface area contributed by atoms with Gasteiger partial charge in [-0.3, -0.25) is 4.79 Å². The lowest BCUT2D eigenvalue weighted by Gasteiger charge is -2.39. The zero-order chi connectivity index (χ0) is 18.6. The van der Waals surface area contributed by atoms with E-state index in [-0.39, 0.29) is 5.91 Å². The average Bonchev–Trinajstić information content (AvgIpc) is 2.74. The van der Waals surface area contributed by atoms with Crippen LogP contribution >= 0.6 is 11.8 Å². The molecule has 0 aromatic heterocycles. The number of fused-ring (bicyclic) bond motifs is 1. The number of benzene rings is 2. The smallest absolute Gasteiger partial charge is 0.242 e. The molecule has 1 amide bonds. The standard InChI is InChI=1S/C22H27N3OS/c1-2-19-16-25(20-10-6-7-11-21(20)27-19)17-22(26)24-14-12-23(13-15-24)18-8-4-3-5-9-18/h3-11,19H,2,12-17H2,1H3. The molecule has 2 heterocycles. The molecule has 0 bridgehead atoms. The summed E-state index contributed by atoms with van der Waals surface area (Å²) in [5, 5.41) is 0.558. The molecule has 0 radical (unpaired) electrons. The van der Waals surface area contributed by atoms with Gasteiger partial charge < -0.3 is 14.7 Å². The van der Waals surface area contributed by atoms with Crippen molar-refractivity contribution < 1.29 is 4.79 Å². The van der Waals surface area contributed by atoms with Crippen LogP contribution in [0.1, 0.15) is 13.3 Å². The molecule has 1 atom stereocenters. The molecule has 142 valence electrons. The summed E-state index contributed by atoms with van der Waals surface area (Å²) in [4.78, 5) is 21.0. The Hall–Kier alpha value is -2.14. The number of amides is 1. The van der Waals surface area contributed by atoms with Crippen molar-refractivity contribution in [3.05, 3.63) is 54.6 Å². The van der Waals surface area contributed by atoms with E-state index in [1.54, 1.807) is 0 Å². The van der Waals surface area contributed by atoms with Crippen LogP contribution in [0.4, 0.5) is 11.4 Å². The number of hydrogen-bond donors (Lipinski definition) is 0. The van der Waals surface area contributed by atoms with Crippen molar-refractivity contribution in [2.24, 2.45) is 0 Å². The van der Waals surface area contributed by atoms with Gasteiger partial charge in [0.1, 0.15) is 0 Å². The minimum absolute atomic E-state index is 0.249. The minimum atomic E-state index is 0.249. The molecule has 1 unspecified atom stereocenters. The topological polar surface area (TPSA) is 26.8 Å². The lowest BCUT2D eigenvalue weighted by molar-refractivity contribution is -0.130. The second-order valence-corrected chi connectivity index (χ2v) is 8.54. The Morgan fingerprint density at radius 2 is 1.70 bits per heavy atom. The van der Waals surface area contributed by atoms with Gasteiger partial charge in [-0.2, -0.15) is 0 Å². The van der Waals surface area contributed by atoms with E-state index >= 15 is 0 Å². The predicted octanol–water partition coefficient (Wildman–Crippen LogP) is 3.73. The number of para-hydroxylation sites is 2. The Bertz CT molecular complexity index is 774. The number of nitrogens with zero attached hydrogens (tertiary/aromatic N) is 3. The Labute approximate surface area is 166 Å². The van der Waals surface area contributed by atoms with E-state index < -0.39 is 0 Å². The first-order valence-electron chi connectivity index (χ1n) is 9.83. The maximum atomic E-state index is 13.0. The van der Waals surface area contributed by atoms with Gasteiger partial charge in [-0.05, 0) is 30.7 Å². The predicted molar refractivity (Wildman–Crippen MR) is 114 cm³/mol. The van der Waals surface area contributed by atoms with E-state index in [2.05, 4.69) is 65.3 Å². The van der Waals surface area contributed by atoms with Gasteiger partial charge in [-0.15, -0.1) is 11.8 Å². The van der Waals surface area contributed by atoms with Crippen LogP contribution in [0.25, 0.3) is 0 Å². The largest absolute Gasteiger partial charge is 0.368 e. The van der Waals surface area contributed by atoms with Crippen molar-refractivity contribution in [3.8, 4) is 0 Å². The SMILES string of the molecule is CCC1CN(CC(=O)N2CCN(c3ccccc3)CC2)c2ccccc2S1. The number of carbonyl (C=O) groups is 1. The van der Waals surface area contributed by atoms with Crippen LogP contribution in [0.2, 0.25) is 0 Å². The van der Waals surface area contributed by atoms with Gasteiger partial charge in [0.05, 0.1) is 12.2 Å².